The Kier molecular flexibility index (Phi) is 9.72. The van der Waals surface area contributed by atoms with Gasteiger partial charge in [-0.25, -0.2) is 0 Å². The molecule has 0 spiro atoms. The standard InChI is InChI=1S/C15H29N3O2/c1-5-13(4)11-15(18(19)20)14(8-7-12(2)3)17-10-6-9-16/h11-12,17H,5-10,16H2,1-4H3/b13-11+,15-14-. The molecule has 0 aromatic rings. The average molecular weight is 283 g/mol. The van der Waals surface area contributed by atoms with E-state index in [1.807, 2.05) is 13.8 Å². The first-order chi connectivity index (χ1) is 9.42. The van der Waals surface area contributed by atoms with E-state index in [0.717, 1.165) is 30.5 Å². The zero-order valence-corrected chi connectivity index (χ0v) is 13.2. The summed E-state index contributed by atoms with van der Waals surface area (Å²) in [6.45, 7) is 9.43. The maximum Gasteiger partial charge on any atom is 0.288 e. The second-order valence-electron chi connectivity index (χ2n) is 5.47. The summed E-state index contributed by atoms with van der Waals surface area (Å²) in [6, 6.07) is 0. The van der Waals surface area contributed by atoms with Crippen LogP contribution in [0.15, 0.2) is 23.0 Å². The monoisotopic (exact) mass is 283 g/mol. The third-order valence-corrected chi connectivity index (χ3v) is 3.14. The Bertz CT molecular complexity index is 360. The molecule has 3 N–H and O–H groups in total. The maximum atomic E-state index is 11.3. The molecule has 0 rings (SSSR count). The minimum atomic E-state index is -0.287. The Balaban J connectivity index is 5.20. The normalized spacial score (nSPS) is 13.4. The zero-order valence-electron chi connectivity index (χ0n) is 13.2. The Morgan fingerprint density at radius 2 is 2.10 bits per heavy atom. The second kappa shape index (κ2) is 10.4. The molecule has 0 atom stereocenters. The SMILES string of the molecule is CC/C(C)=C/C(=C(\CCC(C)C)NCCCN)[N+](=O)[O-]. The number of nitrogens with two attached hydrogens (primary N) is 1. The largest absolute Gasteiger partial charge is 0.383 e. The van der Waals surface area contributed by atoms with E-state index in [0.29, 0.717) is 25.4 Å². The summed E-state index contributed by atoms with van der Waals surface area (Å²) in [5, 5.41) is 14.5. The van der Waals surface area contributed by atoms with Crippen LogP contribution in [0.2, 0.25) is 0 Å². The minimum absolute atomic E-state index is 0.196. The summed E-state index contributed by atoms with van der Waals surface area (Å²) in [6.07, 6.45) is 4.95. The van der Waals surface area contributed by atoms with Crippen molar-refractivity contribution < 1.29 is 4.92 Å². The van der Waals surface area contributed by atoms with Crippen LogP contribution in [0.25, 0.3) is 0 Å². The highest BCUT2D eigenvalue weighted by Gasteiger charge is 2.16. The Morgan fingerprint density at radius 3 is 2.55 bits per heavy atom. The molecular weight excluding hydrogens is 254 g/mol. The second-order valence-corrected chi connectivity index (χ2v) is 5.47. The zero-order chi connectivity index (χ0) is 15.5. The highest BCUT2D eigenvalue weighted by molar-refractivity contribution is 5.22. The van der Waals surface area contributed by atoms with Crippen molar-refractivity contribution in [2.24, 2.45) is 11.7 Å². The number of nitro groups is 1. The van der Waals surface area contributed by atoms with E-state index in [-0.39, 0.29) is 10.6 Å². The van der Waals surface area contributed by atoms with Crippen molar-refractivity contribution in [2.75, 3.05) is 13.1 Å². The highest BCUT2D eigenvalue weighted by Crippen LogP contribution is 2.17. The Labute approximate surface area is 122 Å². The van der Waals surface area contributed by atoms with Crippen molar-refractivity contribution in [1.82, 2.24) is 5.32 Å². The van der Waals surface area contributed by atoms with Gasteiger partial charge in [0.2, 0.25) is 0 Å². The van der Waals surface area contributed by atoms with Gasteiger partial charge >= 0.3 is 0 Å². The van der Waals surface area contributed by atoms with E-state index in [4.69, 9.17) is 5.73 Å². The number of rotatable bonds is 10. The third kappa shape index (κ3) is 7.94. The van der Waals surface area contributed by atoms with Gasteiger partial charge in [0, 0.05) is 12.6 Å². The molecule has 5 nitrogen and oxygen atoms in total. The van der Waals surface area contributed by atoms with Crippen LogP contribution in [0.4, 0.5) is 0 Å². The number of hydrogen-bond donors (Lipinski definition) is 2. The van der Waals surface area contributed by atoms with Gasteiger partial charge in [0.25, 0.3) is 5.70 Å². The molecule has 0 unspecified atom stereocenters. The van der Waals surface area contributed by atoms with Crippen LogP contribution in [0.3, 0.4) is 0 Å². The van der Waals surface area contributed by atoms with E-state index >= 15 is 0 Å². The van der Waals surface area contributed by atoms with Gasteiger partial charge in [-0.05, 0) is 45.1 Å². The lowest BCUT2D eigenvalue weighted by Crippen LogP contribution is -2.21. The first-order valence-electron chi connectivity index (χ1n) is 7.41. The lowest BCUT2D eigenvalue weighted by Gasteiger charge is -2.12. The van der Waals surface area contributed by atoms with Crippen LogP contribution in [-0.4, -0.2) is 18.0 Å². The van der Waals surface area contributed by atoms with Gasteiger partial charge < -0.3 is 11.1 Å². The van der Waals surface area contributed by atoms with Crippen molar-refractivity contribution in [3.05, 3.63) is 33.2 Å². The molecular formula is C15H29N3O2. The van der Waals surface area contributed by atoms with E-state index < -0.39 is 0 Å². The van der Waals surface area contributed by atoms with Gasteiger partial charge in [0.15, 0.2) is 0 Å². The molecule has 20 heavy (non-hydrogen) atoms. The molecule has 0 aliphatic rings. The molecule has 0 amide bonds. The fraction of sp³-hybridized carbons (Fsp3) is 0.733. The summed E-state index contributed by atoms with van der Waals surface area (Å²) < 4.78 is 0. The predicted octanol–water partition coefficient (Wildman–Crippen LogP) is 3.21. The third-order valence-electron chi connectivity index (χ3n) is 3.14. The number of nitrogens with zero attached hydrogens (tertiary/aromatic N) is 1. The van der Waals surface area contributed by atoms with Gasteiger partial charge in [-0.3, -0.25) is 10.1 Å². The molecule has 0 aromatic heterocycles. The first kappa shape index (κ1) is 18.6. The summed E-state index contributed by atoms with van der Waals surface area (Å²) in [4.78, 5) is 11.0. The van der Waals surface area contributed by atoms with Crippen molar-refractivity contribution in [1.29, 1.82) is 0 Å². The van der Waals surface area contributed by atoms with Crippen LogP contribution >= 0.6 is 0 Å². The van der Waals surface area contributed by atoms with E-state index in [9.17, 15) is 10.1 Å². The number of hydrogen-bond acceptors (Lipinski definition) is 4. The van der Waals surface area contributed by atoms with Crippen LogP contribution in [0, 0.1) is 16.0 Å². The molecule has 0 bridgehead atoms. The molecule has 0 heterocycles. The molecule has 0 fully saturated rings. The fourth-order valence-electron chi connectivity index (χ4n) is 1.67. The van der Waals surface area contributed by atoms with Crippen LogP contribution in [0.1, 0.15) is 53.4 Å². The highest BCUT2D eigenvalue weighted by atomic mass is 16.6. The number of allylic oxidation sites excluding steroid dienone is 3. The molecule has 0 saturated carbocycles. The van der Waals surface area contributed by atoms with Crippen molar-refractivity contribution >= 4 is 0 Å². The molecule has 116 valence electrons. The maximum absolute atomic E-state index is 11.3. The number of nitrogens with one attached hydrogen (secondary N) is 1. The molecule has 0 aliphatic carbocycles. The average Bonchev–Trinajstić information content (AvgIpc) is 2.39. The van der Waals surface area contributed by atoms with Gasteiger partial charge in [-0.2, -0.15) is 0 Å². The van der Waals surface area contributed by atoms with Gasteiger partial charge in [-0.15, -0.1) is 0 Å². The summed E-state index contributed by atoms with van der Waals surface area (Å²) in [7, 11) is 0. The molecule has 0 aromatic carbocycles. The summed E-state index contributed by atoms with van der Waals surface area (Å²) in [5.41, 5.74) is 7.41. The molecule has 0 saturated heterocycles. The lowest BCUT2D eigenvalue weighted by molar-refractivity contribution is -0.420. The Hall–Kier alpha value is -1.36. The quantitative estimate of drug-likeness (QED) is 0.279. The van der Waals surface area contributed by atoms with Crippen molar-refractivity contribution in [3.63, 3.8) is 0 Å². The minimum Gasteiger partial charge on any atom is -0.383 e. The topological polar surface area (TPSA) is 81.2 Å². The molecule has 5 heteroatoms. The lowest BCUT2D eigenvalue weighted by atomic mass is 10.0. The van der Waals surface area contributed by atoms with E-state index in [1.165, 1.54) is 0 Å². The fourth-order valence-corrected chi connectivity index (χ4v) is 1.67. The Morgan fingerprint density at radius 1 is 1.45 bits per heavy atom. The first-order valence-corrected chi connectivity index (χ1v) is 7.41. The smallest absolute Gasteiger partial charge is 0.288 e. The molecule has 0 radical (unpaired) electrons. The van der Waals surface area contributed by atoms with Crippen LogP contribution in [0.5, 0.6) is 0 Å². The summed E-state index contributed by atoms with van der Waals surface area (Å²) >= 11 is 0. The van der Waals surface area contributed by atoms with Gasteiger partial charge in [0.1, 0.15) is 0 Å². The van der Waals surface area contributed by atoms with Crippen LogP contribution in [-0.2, 0) is 0 Å². The predicted molar refractivity (Wildman–Crippen MR) is 83.8 cm³/mol. The molecule has 0 aliphatic heterocycles. The van der Waals surface area contributed by atoms with E-state index in [1.54, 1.807) is 6.08 Å². The van der Waals surface area contributed by atoms with E-state index in [2.05, 4.69) is 19.2 Å². The van der Waals surface area contributed by atoms with Crippen molar-refractivity contribution in [3.8, 4) is 0 Å². The van der Waals surface area contributed by atoms with Crippen molar-refractivity contribution in [2.45, 2.75) is 53.4 Å². The van der Waals surface area contributed by atoms with Gasteiger partial charge in [0.05, 0.1) is 10.6 Å². The van der Waals surface area contributed by atoms with Gasteiger partial charge in [-0.1, -0.05) is 26.3 Å². The van der Waals surface area contributed by atoms with Crippen LogP contribution < -0.4 is 11.1 Å². The summed E-state index contributed by atoms with van der Waals surface area (Å²) in [5.74, 6) is 0.519.